The minimum Gasteiger partial charge on any atom is -0.379 e. The summed E-state index contributed by atoms with van der Waals surface area (Å²) >= 11 is 0. The van der Waals surface area contributed by atoms with Crippen molar-refractivity contribution in [3.05, 3.63) is 0 Å². The highest BCUT2D eigenvalue weighted by Crippen LogP contribution is 2.28. The lowest BCUT2D eigenvalue weighted by Gasteiger charge is -2.38. The number of nitrogens with one attached hydrogen (secondary N) is 2. The highest BCUT2D eigenvalue weighted by atomic mass is 16.5. The van der Waals surface area contributed by atoms with Crippen LogP contribution in [0.25, 0.3) is 0 Å². The molecule has 1 saturated carbocycles. The number of hydrogen-bond acceptors (Lipinski definition) is 3. The maximum absolute atomic E-state index is 5.52. The number of nitrogens with zero attached hydrogens (tertiary/aromatic N) is 2. The smallest absolute Gasteiger partial charge is 0.191 e. The van der Waals surface area contributed by atoms with Crippen LogP contribution in [0, 0.1) is 5.92 Å². The molecule has 0 aromatic heterocycles. The molecule has 2 fully saturated rings. The summed E-state index contributed by atoms with van der Waals surface area (Å²) in [5, 5.41) is 6.93. The predicted octanol–water partition coefficient (Wildman–Crippen LogP) is 2.23. The van der Waals surface area contributed by atoms with Gasteiger partial charge in [-0.1, -0.05) is 25.7 Å². The Morgan fingerprint density at radius 3 is 2.78 bits per heavy atom. The molecule has 0 aromatic carbocycles. The van der Waals surface area contributed by atoms with Crippen LogP contribution in [-0.2, 0) is 4.74 Å². The Kier molecular flexibility index (Phi) is 8.17. The van der Waals surface area contributed by atoms with E-state index in [1.54, 1.807) is 0 Å². The van der Waals surface area contributed by atoms with E-state index in [0.29, 0.717) is 12.1 Å². The van der Waals surface area contributed by atoms with Crippen LogP contribution in [0.2, 0.25) is 0 Å². The van der Waals surface area contributed by atoms with Crippen molar-refractivity contribution in [3.63, 3.8) is 0 Å². The molecular weight excluding hydrogens is 288 g/mol. The average Bonchev–Trinajstić information content (AvgIpc) is 3.07. The molecule has 0 aromatic rings. The van der Waals surface area contributed by atoms with Crippen LogP contribution < -0.4 is 10.6 Å². The second kappa shape index (κ2) is 10.1. The van der Waals surface area contributed by atoms with Gasteiger partial charge in [0.2, 0.25) is 0 Å². The molecule has 5 nitrogen and oxygen atoms in total. The average molecular weight is 325 g/mol. The van der Waals surface area contributed by atoms with Gasteiger partial charge in [-0.15, -0.1) is 0 Å². The molecule has 2 unspecified atom stereocenters. The summed E-state index contributed by atoms with van der Waals surface area (Å²) in [7, 11) is 1.86. The van der Waals surface area contributed by atoms with Gasteiger partial charge in [-0.3, -0.25) is 9.89 Å². The molecule has 0 amide bonds. The fraction of sp³-hybridized carbons (Fsp3) is 0.944. The van der Waals surface area contributed by atoms with Crippen molar-refractivity contribution in [2.45, 2.75) is 64.5 Å². The van der Waals surface area contributed by atoms with Gasteiger partial charge in [0, 0.05) is 38.8 Å². The molecule has 1 saturated heterocycles. The third-order valence-electron chi connectivity index (χ3n) is 5.33. The number of aliphatic imine (C=N–C) groups is 1. The normalized spacial score (nSPS) is 25.5. The molecule has 1 heterocycles. The number of morpholine rings is 1. The van der Waals surface area contributed by atoms with Crippen molar-refractivity contribution in [3.8, 4) is 0 Å². The molecule has 2 atom stereocenters. The van der Waals surface area contributed by atoms with Crippen molar-refractivity contribution < 1.29 is 4.74 Å². The molecule has 0 spiro atoms. The number of rotatable bonds is 7. The summed E-state index contributed by atoms with van der Waals surface area (Å²) in [5.74, 6) is 1.92. The Bertz CT molecular complexity index is 355. The largest absolute Gasteiger partial charge is 0.379 e. The van der Waals surface area contributed by atoms with E-state index in [4.69, 9.17) is 4.74 Å². The number of ether oxygens (including phenoxy) is 1. The first kappa shape index (κ1) is 18.5. The maximum Gasteiger partial charge on any atom is 0.191 e. The zero-order valence-corrected chi connectivity index (χ0v) is 15.3. The first-order chi connectivity index (χ1) is 11.2. The third kappa shape index (κ3) is 6.30. The Labute approximate surface area is 142 Å². The van der Waals surface area contributed by atoms with E-state index in [-0.39, 0.29) is 0 Å². The lowest BCUT2D eigenvalue weighted by molar-refractivity contribution is -0.0174. The minimum atomic E-state index is 0.492. The predicted molar refractivity (Wildman–Crippen MR) is 97.0 cm³/mol. The Morgan fingerprint density at radius 1 is 1.30 bits per heavy atom. The van der Waals surface area contributed by atoms with Crippen molar-refractivity contribution in [2.75, 3.05) is 39.9 Å². The van der Waals surface area contributed by atoms with Gasteiger partial charge in [-0.2, -0.15) is 0 Å². The second-order valence-electron chi connectivity index (χ2n) is 7.18. The molecule has 23 heavy (non-hydrogen) atoms. The van der Waals surface area contributed by atoms with Gasteiger partial charge < -0.3 is 15.4 Å². The topological polar surface area (TPSA) is 48.9 Å². The molecule has 1 aliphatic carbocycles. The highest BCUT2D eigenvalue weighted by molar-refractivity contribution is 5.79. The van der Waals surface area contributed by atoms with Gasteiger partial charge in [-0.25, -0.2) is 0 Å². The Balaban J connectivity index is 1.60. The monoisotopic (exact) mass is 324 g/mol. The first-order valence-electron chi connectivity index (χ1n) is 9.48. The Hall–Kier alpha value is -0.810. The second-order valence-corrected chi connectivity index (χ2v) is 7.18. The molecule has 2 aliphatic rings. The van der Waals surface area contributed by atoms with E-state index in [9.17, 15) is 0 Å². The lowest BCUT2D eigenvalue weighted by Crippen LogP contribution is -2.53. The number of hydrogen-bond donors (Lipinski definition) is 2. The van der Waals surface area contributed by atoms with Gasteiger partial charge in [0.15, 0.2) is 5.96 Å². The SMILES string of the molecule is CN=C(NCCCC1CCCC1)NCC(C)N1CCOCC1C. The molecule has 0 radical (unpaired) electrons. The van der Waals surface area contributed by atoms with Crippen LogP contribution in [0.5, 0.6) is 0 Å². The summed E-state index contributed by atoms with van der Waals surface area (Å²) in [6.45, 7) is 9.19. The van der Waals surface area contributed by atoms with E-state index in [1.165, 1.54) is 38.5 Å². The van der Waals surface area contributed by atoms with Crippen molar-refractivity contribution in [2.24, 2.45) is 10.9 Å². The first-order valence-corrected chi connectivity index (χ1v) is 9.48. The standard InChI is InChI=1S/C18H36N4O/c1-15(22-11-12-23-14-16(22)2)13-21-18(19-3)20-10-6-9-17-7-4-5-8-17/h15-17H,4-14H2,1-3H3,(H2,19,20,21). The summed E-state index contributed by atoms with van der Waals surface area (Å²) < 4.78 is 5.52. The fourth-order valence-electron chi connectivity index (χ4n) is 3.87. The zero-order chi connectivity index (χ0) is 16.5. The van der Waals surface area contributed by atoms with Gasteiger partial charge in [0.25, 0.3) is 0 Å². The summed E-state index contributed by atoms with van der Waals surface area (Å²) in [5.41, 5.74) is 0. The quantitative estimate of drug-likeness (QED) is 0.428. The van der Waals surface area contributed by atoms with Crippen LogP contribution >= 0.6 is 0 Å². The van der Waals surface area contributed by atoms with Gasteiger partial charge in [0.1, 0.15) is 0 Å². The maximum atomic E-state index is 5.52. The molecule has 134 valence electrons. The van der Waals surface area contributed by atoms with Crippen molar-refractivity contribution in [1.82, 2.24) is 15.5 Å². The molecular formula is C18H36N4O. The molecule has 0 bridgehead atoms. The van der Waals surface area contributed by atoms with Crippen LogP contribution in [0.4, 0.5) is 0 Å². The number of guanidine groups is 1. The van der Waals surface area contributed by atoms with Crippen molar-refractivity contribution >= 4 is 5.96 Å². The molecule has 2 rings (SSSR count). The van der Waals surface area contributed by atoms with Crippen LogP contribution in [0.1, 0.15) is 52.4 Å². The molecule has 5 heteroatoms. The summed E-state index contributed by atoms with van der Waals surface area (Å²) in [6.07, 6.45) is 8.40. The minimum absolute atomic E-state index is 0.492. The lowest BCUT2D eigenvalue weighted by atomic mass is 10.0. The summed E-state index contributed by atoms with van der Waals surface area (Å²) in [6, 6.07) is 0.993. The van der Waals surface area contributed by atoms with Gasteiger partial charge >= 0.3 is 0 Å². The van der Waals surface area contributed by atoms with Crippen LogP contribution in [0.15, 0.2) is 4.99 Å². The van der Waals surface area contributed by atoms with Gasteiger partial charge in [-0.05, 0) is 32.6 Å². The van der Waals surface area contributed by atoms with E-state index in [1.807, 2.05) is 7.05 Å². The fourth-order valence-corrected chi connectivity index (χ4v) is 3.87. The van der Waals surface area contributed by atoms with E-state index in [2.05, 4.69) is 34.4 Å². The van der Waals surface area contributed by atoms with Gasteiger partial charge in [0.05, 0.1) is 13.2 Å². The molecule has 2 N–H and O–H groups in total. The third-order valence-corrected chi connectivity index (χ3v) is 5.33. The van der Waals surface area contributed by atoms with E-state index < -0.39 is 0 Å². The summed E-state index contributed by atoms with van der Waals surface area (Å²) in [4.78, 5) is 6.86. The van der Waals surface area contributed by atoms with E-state index >= 15 is 0 Å². The Morgan fingerprint density at radius 2 is 2.09 bits per heavy atom. The van der Waals surface area contributed by atoms with Crippen molar-refractivity contribution in [1.29, 1.82) is 0 Å². The highest BCUT2D eigenvalue weighted by Gasteiger charge is 2.23. The van der Waals surface area contributed by atoms with Crippen LogP contribution in [-0.4, -0.2) is 62.8 Å². The molecule has 1 aliphatic heterocycles. The van der Waals surface area contributed by atoms with Crippen LogP contribution in [0.3, 0.4) is 0 Å². The zero-order valence-electron chi connectivity index (χ0n) is 15.3. The van der Waals surface area contributed by atoms with E-state index in [0.717, 1.165) is 44.7 Å².